The van der Waals surface area contributed by atoms with Crippen molar-refractivity contribution in [3.05, 3.63) is 113 Å². The highest BCUT2D eigenvalue weighted by Gasteiger charge is 2.45. The highest BCUT2D eigenvalue weighted by atomic mass is 19.4. The molecule has 1 saturated heterocycles. The van der Waals surface area contributed by atoms with Crippen molar-refractivity contribution in [1.82, 2.24) is 35.3 Å². The van der Waals surface area contributed by atoms with E-state index in [1.807, 2.05) is 56.4 Å². The van der Waals surface area contributed by atoms with E-state index >= 15 is 0 Å². The van der Waals surface area contributed by atoms with Crippen LogP contribution < -0.4 is 15.5 Å². The molecule has 0 radical (unpaired) electrons. The van der Waals surface area contributed by atoms with Gasteiger partial charge in [-0.05, 0) is 50.2 Å². The number of halogens is 3. The number of alkyl halides is 3. The summed E-state index contributed by atoms with van der Waals surface area (Å²) in [6.45, 7) is 9.25. The lowest BCUT2D eigenvalue weighted by Crippen LogP contribution is -2.55. The summed E-state index contributed by atoms with van der Waals surface area (Å²) in [6, 6.07) is 15.8. The maximum Gasteiger partial charge on any atom is 0.433 e. The molecular weight excluding hydrogens is 665 g/mol. The number of ether oxygens (including phenoxy) is 1. The minimum absolute atomic E-state index is 0.141. The van der Waals surface area contributed by atoms with Gasteiger partial charge in [0, 0.05) is 42.4 Å². The van der Waals surface area contributed by atoms with Gasteiger partial charge < -0.3 is 15.4 Å². The number of aromatic nitrogens is 4. The van der Waals surface area contributed by atoms with Crippen molar-refractivity contribution in [3.8, 4) is 5.69 Å². The number of rotatable bonds is 11. The summed E-state index contributed by atoms with van der Waals surface area (Å²) in [6.07, 6.45) is -2.34. The third-order valence-corrected chi connectivity index (χ3v) is 9.35. The van der Waals surface area contributed by atoms with Gasteiger partial charge in [-0.25, -0.2) is 14.6 Å². The topological polar surface area (TPSA) is 135 Å². The number of hydrogen-bond acceptors (Lipinski definition) is 8. The first-order chi connectivity index (χ1) is 24.4. The Hall–Kier alpha value is -5.41. The van der Waals surface area contributed by atoms with E-state index in [1.165, 1.54) is 4.90 Å². The van der Waals surface area contributed by atoms with Crippen LogP contribution in [0.5, 0.6) is 0 Å². The number of carbonyl (C=O) groups excluding carboxylic acids is 3. The van der Waals surface area contributed by atoms with Crippen LogP contribution in [0.1, 0.15) is 52.8 Å². The lowest BCUT2D eigenvalue weighted by atomic mass is 9.82. The van der Waals surface area contributed by atoms with E-state index in [4.69, 9.17) is 4.74 Å². The Labute approximate surface area is 292 Å². The number of likely N-dealkylation sites (N-methyl/N-ethyl adjacent to an activating group) is 2. The molecule has 3 amide bonds. The SMILES string of the molecule is C=C(C(=O)NCc1cccc([C@@H]2c3cnn(-c4ccccc4)c3N(CC)C(=O)[C@H]2NC(=O)c2nccc(C(F)(F)F)n2)c1)C(C)N(C)C1COC1. The summed E-state index contributed by atoms with van der Waals surface area (Å²) in [5.74, 6) is -2.93. The average molecular weight is 703 g/mol. The van der Waals surface area contributed by atoms with Gasteiger partial charge in [0.15, 0.2) is 0 Å². The number of nitrogens with one attached hydrogen (secondary N) is 2. The van der Waals surface area contributed by atoms with Crippen LogP contribution in [0, 0.1) is 0 Å². The van der Waals surface area contributed by atoms with Gasteiger partial charge in [-0.15, -0.1) is 0 Å². The van der Waals surface area contributed by atoms with Gasteiger partial charge in [-0.1, -0.05) is 49.0 Å². The standard InChI is InChI=1S/C36H37F3N8O4/c1-5-46-34-27(18-42-47(34)25-12-7-6-8-13-25)29(30(35(46)50)44-33(49)31-40-15-14-28(43-31)36(37,38)39)24-11-9-10-23(16-24)17-41-32(48)21(2)22(3)45(4)26-19-51-20-26/h6-16,18,22,26,29-30H,2,5,17,19-20H2,1,3-4H3,(H,41,48)(H,44,49)/t22?,29-,30+/m1/s1. The molecule has 266 valence electrons. The first-order valence-corrected chi connectivity index (χ1v) is 16.4. The van der Waals surface area contributed by atoms with Crippen LogP contribution in [0.4, 0.5) is 19.0 Å². The predicted octanol–water partition coefficient (Wildman–Crippen LogP) is 3.87. The minimum atomic E-state index is -4.80. The molecule has 1 unspecified atom stereocenters. The van der Waals surface area contributed by atoms with E-state index < -0.39 is 41.5 Å². The Morgan fingerprint density at radius 3 is 2.53 bits per heavy atom. The molecule has 4 heterocycles. The number of para-hydroxylation sites is 1. The molecule has 15 heteroatoms. The Balaban J connectivity index is 1.33. The van der Waals surface area contributed by atoms with E-state index in [2.05, 4.69) is 37.2 Å². The van der Waals surface area contributed by atoms with Crippen molar-refractivity contribution in [2.45, 2.75) is 50.6 Å². The van der Waals surface area contributed by atoms with Crippen LogP contribution in [0.3, 0.4) is 0 Å². The second-order valence-corrected chi connectivity index (χ2v) is 12.4. The first-order valence-electron chi connectivity index (χ1n) is 16.4. The van der Waals surface area contributed by atoms with Crippen LogP contribution >= 0.6 is 0 Å². The fraction of sp³-hybridized carbons (Fsp3) is 0.333. The van der Waals surface area contributed by atoms with E-state index in [9.17, 15) is 27.6 Å². The van der Waals surface area contributed by atoms with E-state index in [0.29, 0.717) is 53.0 Å². The molecule has 6 rings (SSSR count). The molecule has 1 fully saturated rings. The second kappa shape index (κ2) is 14.4. The van der Waals surface area contributed by atoms with Gasteiger partial charge in [-0.3, -0.25) is 24.2 Å². The highest BCUT2D eigenvalue weighted by molar-refractivity contribution is 6.04. The molecule has 0 bridgehead atoms. The fourth-order valence-electron chi connectivity index (χ4n) is 6.25. The van der Waals surface area contributed by atoms with Gasteiger partial charge >= 0.3 is 6.18 Å². The van der Waals surface area contributed by atoms with Gasteiger partial charge in [0.05, 0.1) is 31.1 Å². The largest absolute Gasteiger partial charge is 0.433 e. The summed E-state index contributed by atoms with van der Waals surface area (Å²) >= 11 is 0. The zero-order valence-corrected chi connectivity index (χ0v) is 28.2. The number of carbonyl (C=O) groups is 3. The minimum Gasteiger partial charge on any atom is -0.378 e. The number of anilines is 1. The summed E-state index contributed by atoms with van der Waals surface area (Å²) in [5.41, 5.74) is 1.72. The molecule has 51 heavy (non-hydrogen) atoms. The number of fused-ring (bicyclic) bond motifs is 1. The first kappa shape index (κ1) is 35.4. The molecule has 2 aliphatic rings. The summed E-state index contributed by atoms with van der Waals surface area (Å²) < 4.78 is 47.2. The van der Waals surface area contributed by atoms with Crippen molar-refractivity contribution in [1.29, 1.82) is 0 Å². The van der Waals surface area contributed by atoms with Crippen LogP contribution in [0.2, 0.25) is 0 Å². The molecule has 0 aliphatic carbocycles. The Morgan fingerprint density at radius 1 is 1.12 bits per heavy atom. The second-order valence-electron chi connectivity index (χ2n) is 12.4. The maximum atomic E-state index is 14.3. The number of amides is 3. The fourth-order valence-corrected chi connectivity index (χ4v) is 6.25. The predicted molar refractivity (Wildman–Crippen MR) is 181 cm³/mol. The molecule has 4 aromatic rings. The molecule has 2 aliphatic heterocycles. The van der Waals surface area contributed by atoms with Crippen LogP contribution in [-0.4, -0.2) is 87.3 Å². The Morgan fingerprint density at radius 2 is 1.86 bits per heavy atom. The van der Waals surface area contributed by atoms with Crippen molar-refractivity contribution < 1.29 is 32.3 Å². The summed E-state index contributed by atoms with van der Waals surface area (Å²) in [7, 11) is 1.92. The van der Waals surface area contributed by atoms with E-state index in [0.717, 1.165) is 6.20 Å². The van der Waals surface area contributed by atoms with Crippen LogP contribution in [-0.2, 0) is 27.0 Å². The van der Waals surface area contributed by atoms with Gasteiger partial charge in [0.1, 0.15) is 17.6 Å². The van der Waals surface area contributed by atoms with Crippen molar-refractivity contribution in [2.75, 3.05) is 31.7 Å². The smallest absolute Gasteiger partial charge is 0.378 e. The van der Waals surface area contributed by atoms with Gasteiger partial charge in [-0.2, -0.15) is 18.3 Å². The lowest BCUT2D eigenvalue weighted by molar-refractivity contribution is -0.141. The monoisotopic (exact) mass is 702 g/mol. The maximum absolute atomic E-state index is 14.3. The van der Waals surface area contributed by atoms with Gasteiger partial charge in [0.2, 0.25) is 11.7 Å². The van der Waals surface area contributed by atoms with E-state index in [-0.39, 0.29) is 31.1 Å². The van der Waals surface area contributed by atoms with Gasteiger partial charge in [0.25, 0.3) is 11.8 Å². The molecular formula is C36H37F3N8O4. The van der Waals surface area contributed by atoms with Crippen molar-refractivity contribution in [2.24, 2.45) is 0 Å². The molecule has 3 atom stereocenters. The van der Waals surface area contributed by atoms with Crippen LogP contribution in [0.25, 0.3) is 5.69 Å². The molecule has 2 aromatic carbocycles. The molecule has 12 nitrogen and oxygen atoms in total. The summed E-state index contributed by atoms with van der Waals surface area (Å²) in [4.78, 5) is 51.6. The average Bonchev–Trinajstić information content (AvgIpc) is 3.54. The van der Waals surface area contributed by atoms with Crippen molar-refractivity contribution >= 4 is 23.5 Å². The zero-order chi connectivity index (χ0) is 36.4. The normalized spacial score (nSPS) is 18.2. The summed E-state index contributed by atoms with van der Waals surface area (Å²) in [5, 5.41) is 10.2. The lowest BCUT2D eigenvalue weighted by Gasteiger charge is -2.38. The third kappa shape index (κ3) is 7.12. The molecule has 0 saturated carbocycles. The molecule has 0 spiro atoms. The highest BCUT2D eigenvalue weighted by Crippen LogP contribution is 2.41. The Kier molecular flexibility index (Phi) is 10.0. The zero-order valence-electron chi connectivity index (χ0n) is 28.2. The quantitative estimate of drug-likeness (QED) is 0.225. The molecule has 2 aromatic heterocycles. The molecule has 2 N–H and O–H groups in total. The number of benzene rings is 2. The Bertz CT molecular complexity index is 1950. The third-order valence-electron chi connectivity index (χ3n) is 9.35. The van der Waals surface area contributed by atoms with Crippen LogP contribution in [0.15, 0.2) is 85.2 Å². The number of hydrogen-bond donors (Lipinski definition) is 2. The number of nitrogens with zero attached hydrogens (tertiary/aromatic N) is 6. The van der Waals surface area contributed by atoms with Crippen molar-refractivity contribution in [3.63, 3.8) is 0 Å². The van der Waals surface area contributed by atoms with E-state index in [1.54, 1.807) is 29.9 Å².